The fraction of sp³-hybridized carbons (Fsp3) is 0.462. The Balaban J connectivity index is 2.22. The van der Waals surface area contributed by atoms with E-state index in [0.29, 0.717) is 11.6 Å². The quantitative estimate of drug-likeness (QED) is 0.794. The standard InChI is InChI=1S/C13H17NO2/c1-9(15)12-7-6-11(8-13(12)16)14(2)10-4-3-5-10/h6-8,10,16H,3-5H2,1-2H3. The lowest BCUT2D eigenvalue weighted by Crippen LogP contribution is -2.37. The van der Waals surface area contributed by atoms with Crippen molar-refractivity contribution in [1.29, 1.82) is 0 Å². The van der Waals surface area contributed by atoms with Gasteiger partial charge in [0.2, 0.25) is 0 Å². The van der Waals surface area contributed by atoms with Gasteiger partial charge in [0.05, 0.1) is 5.56 Å². The van der Waals surface area contributed by atoms with Gasteiger partial charge >= 0.3 is 0 Å². The summed E-state index contributed by atoms with van der Waals surface area (Å²) in [5.41, 5.74) is 1.37. The second-order valence-corrected chi connectivity index (χ2v) is 4.45. The fourth-order valence-corrected chi connectivity index (χ4v) is 2.02. The topological polar surface area (TPSA) is 40.5 Å². The molecule has 2 rings (SSSR count). The lowest BCUT2D eigenvalue weighted by molar-refractivity contribution is 0.101. The van der Waals surface area contributed by atoms with Crippen LogP contribution in [0.5, 0.6) is 5.75 Å². The summed E-state index contributed by atoms with van der Waals surface area (Å²) < 4.78 is 0. The van der Waals surface area contributed by atoms with Gasteiger partial charge in [-0.15, -0.1) is 0 Å². The number of benzene rings is 1. The molecule has 0 saturated heterocycles. The maximum Gasteiger partial charge on any atom is 0.163 e. The monoisotopic (exact) mass is 219 g/mol. The van der Waals surface area contributed by atoms with Gasteiger partial charge in [-0.05, 0) is 38.3 Å². The highest BCUT2D eigenvalue weighted by Gasteiger charge is 2.22. The van der Waals surface area contributed by atoms with Gasteiger partial charge in [-0.3, -0.25) is 4.79 Å². The Bertz CT molecular complexity index is 410. The van der Waals surface area contributed by atoms with Crippen LogP contribution in [0.4, 0.5) is 5.69 Å². The van der Waals surface area contributed by atoms with E-state index in [2.05, 4.69) is 4.90 Å². The summed E-state index contributed by atoms with van der Waals surface area (Å²) in [6.07, 6.45) is 3.71. The minimum atomic E-state index is -0.102. The molecule has 16 heavy (non-hydrogen) atoms. The molecule has 1 fully saturated rings. The van der Waals surface area contributed by atoms with E-state index in [1.54, 1.807) is 12.1 Å². The van der Waals surface area contributed by atoms with Crippen molar-refractivity contribution in [3.05, 3.63) is 23.8 Å². The summed E-state index contributed by atoms with van der Waals surface area (Å²) in [4.78, 5) is 13.3. The van der Waals surface area contributed by atoms with Crippen molar-refractivity contribution in [2.45, 2.75) is 32.2 Å². The maximum absolute atomic E-state index is 11.2. The van der Waals surface area contributed by atoms with Crippen molar-refractivity contribution < 1.29 is 9.90 Å². The van der Waals surface area contributed by atoms with E-state index < -0.39 is 0 Å². The SMILES string of the molecule is CC(=O)c1ccc(N(C)C2CCC2)cc1O. The highest BCUT2D eigenvalue weighted by Crippen LogP contribution is 2.31. The summed E-state index contributed by atoms with van der Waals surface area (Å²) in [5, 5.41) is 9.74. The molecule has 0 radical (unpaired) electrons. The van der Waals surface area contributed by atoms with Gasteiger partial charge in [-0.25, -0.2) is 0 Å². The van der Waals surface area contributed by atoms with E-state index in [4.69, 9.17) is 0 Å². The van der Waals surface area contributed by atoms with Crippen molar-refractivity contribution in [2.75, 3.05) is 11.9 Å². The van der Waals surface area contributed by atoms with E-state index in [9.17, 15) is 9.90 Å². The minimum Gasteiger partial charge on any atom is -0.507 e. The molecule has 0 bridgehead atoms. The van der Waals surface area contributed by atoms with Gasteiger partial charge in [0.1, 0.15) is 5.75 Å². The first-order chi connectivity index (χ1) is 7.59. The van der Waals surface area contributed by atoms with Gasteiger partial charge in [0.25, 0.3) is 0 Å². The van der Waals surface area contributed by atoms with Crippen LogP contribution in [-0.2, 0) is 0 Å². The number of nitrogens with zero attached hydrogens (tertiary/aromatic N) is 1. The number of phenolic OH excluding ortho intramolecular Hbond substituents is 1. The van der Waals surface area contributed by atoms with Gasteiger partial charge in [-0.1, -0.05) is 0 Å². The van der Waals surface area contributed by atoms with Crippen LogP contribution >= 0.6 is 0 Å². The van der Waals surface area contributed by atoms with Crippen LogP contribution in [0, 0.1) is 0 Å². The highest BCUT2D eigenvalue weighted by molar-refractivity contribution is 5.97. The molecule has 0 aromatic heterocycles. The summed E-state index contributed by atoms with van der Waals surface area (Å²) in [6, 6.07) is 5.86. The summed E-state index contributed by atoms with van der Waals surface area (Å²) >= 11 is 0. The molecule has 3 nitrogen and oxygen atoms in total. The van der Waals surface area contributed by atoms with Crippen LogP contribution in [0.1, 0.15) is 36.5 Å². The van der Waals surface area contributed by atoms with E-state index >= 15 is 0 Å². The predicted octanol–water partition coefficient (Wildman–Crippen LogP) is 2.58. The lowest BCUT2D eigenvalue weighted by Gasteiger charge is -2.36. The number of ketones is 1. The summed E-state index contributed by atoms with van der Waals surface area (Å²) in [7, 11) is 2.03. The van der Waals surface area contributed by atoms with Gasteiger partial charge in [0, 0.05) is 24.8 Å². The number of phenols is 1. The molecule has 1 N–H and O–H groups in total. The molecule has 1 aromatic carbocycles. The molecule has 1 aromatic rings. The maximum atomic E-state index is 11.2. The van der Waals surface area contributed by atoms with Crippen molar-refractivity contribution in [1.82, 2.24) is 0 Å². The molecule has 0 unspecified atom stereocenters. The Morgan fingerprint density at radius 1 is 1.44 bits per heavy atom. The second kappa shape index (κ2) is 4.16. The average molecular weight is 219 g/mol. The molecule has 1 aliphatic carbocycles. The molecule has 0 amide bonds. The number of rotatable bonds is 3. The second-order valence-electron chi connectivity index (χ2n) is 4.45. The molecule has 0 spiro atoms. The third-order valence-corrected chi connectivity index (χ3v) is 3.39. The minimum absolute atomic E-state index is 0.0798. The number of hydrogen-bond acceptors (Lipinski definition) is 3. The molecule has 0 atom stereocenters. The van der Waals surface area contributed by atoms with Gasteiger partial charge in [-0.2, -0.15) is 0 Å². The highest BCUT2D eigenvalue weighted by atomic mass is 16.3. The van der Waals surface area contributed by atoms with Crippen molar-refractivity contribution >= 4 is 11.5 Å². The van der Waals surface area contributed by atoms with Crippen LogP contribution in [-0.4, -0.2) is 24.0 Å². The number of carbonyl (C=O) groups excluding carboxylic acids is 1. The van der Waals surface area contributed by atoms with Crippen LogP contribution in [0.25, 0.3) is 0 Å². The predicted molar refractivity (Wildman–Crippen MR) is 64.2 cm³/mol. The van der Waals surface area contributed by atoms with Crippen molar-refractivity contribution in [2.24, 2.45) is 0 Å². The molecular weight excluding hydrogens is 202 g/mol. The Morgan fingerprint density at radius 3 is 2.56 bits per heavy atom. The molecule has 86 valence electrons. The first-order valence-electron chi connectivity index (χ1n) is 5.66. The van der Waals surface area contributed by atoms with Crippen molar-refractivity contribution in [3.63, 3.8) is 0 Å². The zero-order chi connectivity index (χ0) is 11.7. The van der Waals surface area contributed by atoms with Crippen LogP contribution < -0.4 is 4.90 Å². The first kappa shape index (κ1) is 11.0. The fourth-order valence-electron chi connectivity index (χ4n) is 2.02. The third-order valence-electron chi connectivity index (χ3n) is 3.39. The molecular formula is C13H17NO2. The zero-order valence-electron chi connectivity index (χ0n) is 9.73. The first-order valence-corrected chi connectivity index (χ1v) is 5.66. The third kappa shape index (κ3) is 1.90. The molecule has 0 aliphatic heterocycles. The van der Waals surface area contributed by atoms with Crippen LogP contribution in [0.3, 0.4) is 0 Å². The number of carbonyl (C=O) groups is 1. The number of aromatic hydroxyl groups is 1. The Hall–Kier alpha value is -1.51. The summed E-state index contributed by atoms with van der Waals surface area (Å²) in [5.74, 6) is -0.0217. The number of anilines is 1. The Labute approximate surface area is 95.7 Å². The molecule has 3 heteroatoms. The summed E-state index contributed by atoms with van der Waals surface area (Å²) in [6.45, 7) is 1.46. The lowest BCUT2D eigenvalue weighted by atomic mass is 9.91. The smallest absolute Gasteiger partial charge is 0.163 e. The van der Waals surface area contributed by atoms with Crippen molar-refractivity contribution in [3.8, 4) is 5.75 Å². The normalized spacial score (nSPS) is 15.6. The van der Waals surface area contributed by atoms with Crippen LogP contribution in [0.2, 0.25) is 0 Å². The Morgan fingerprint density at radius 2 is 2.12 bits per heavy atom. The zero-order valence-corrected chi connectivity index (χ0v) is 9.73. The largest absolute Gasteiger partial charge is 0.507 e. The molecule has 1 aliphatic rings. The van der Waals surface area contributed by atoms with Crippen LogP contribution in [0.15, 0.2) is 18.2 Å². The molecule has 0 heterocycles. The number of Topliss-reactive ketones (excluding diaryl/α,β-unsaturated/α-hetero) is 1. The van der Waals surface area contributed by atoms with Gasteiger partial charge < -0.3 is 10.0 Å². The van der Waals surface area contributed by atoms with E-state index in [-0.39, 0.29) is 11.5 Å². The number of hydrogen-bond donors (Lipinski definition) is 1. The average Bonchev–Trinajstić information content (AvgIpc) is 2.14. The van der Waals surface area contributed by atoms with Gasteiger partial charge in [0.15, 0.2) is 5.78 Å². The molecule has 1 saturated carbocycles. The van der Waals surface area contributed by atoms with E-state index in [1.165, 1.54) is 26.2 Å². The Kier molecular flexibility index (Phi) is 2.86. The van der Waals surface area contributed by atoms with E-state index in [0.717, 1.165) is 5.69 Å². The van der Waals surface area contributed by atoms with E-state index in [1.807, 2.05) is 13.1 Å².